The van der Waals surface area contributed by atoms with Crippen molar-refractivity contribution in [2.24, 2.45) is 5.73 Å². The van der Waals surface area contributed by atoms with Crippen LogP contribution in [0.5, 0.6) is 0 Å². The second kappa shape index (κ2) is 11.3. The molecule has 34 heavy (non-hydrogen) atoms. The van der Waals surface area contributed by atoms with Crippen molar-refractivity contribution in [3.8, 4) is 0 Å². The number of carbonyl (C=O) groups is 4. The highest BCUT2D eigenvalue weighted by Crippen LogP contribution is 2.22. The summed E-state index contributed by atoms with van der Waals surface area (Å²) >= 11 is 0. The molecule has 0 aromatic heterocycles. The zero-order valence-corrected chi connectivity index (χ0v) is 18.9. The summed E-state index contributed by atoms with van der Waals surface area (Å²) in [7, 11) is 0. The third-order valence-electron chi connectivity index (χ3n) is 5.63. The van der Waals surface area contributed by atoms with E-state index in [4.69, 9.17) is 10.8 Å². The number of rotatable bonds is 8. The Morgan fingerprint density at radius 1 is 1.03 bits per heavy atom. The molecule has 1 heterocycles. The molecule has 180 valence electrons. The fourth-order valence-corrected chi connectivity index (χ4v) is 3.78. The number of nitrogens with one attached hydrogen (secondary N) is 3. The van der Waals surface area contributed by atoms with E-state index in [1.807, 2.05) is 31.2 Å². The molecule has 1 fully saturated rings. The largest absolute Gasteiger partial charge is 0.481 e. The fraction of sp³-hybridized carbons (Fsp3) is 0.333. The van der Waals surface area contributed by atoms with Gasteiger partial charge in [-0.05, 0) is 62.1 Å². The van der Waals surface area contributed by atoms with Crippen molar-refractivity contribution in [1.82, 2.24) is 4.90 Å². The van der Waals surface area contributed by atoms with E-state index in [0.29, 0.717) is 36.4 Å². The van der Waals surface area contributed by atoms with Gasteiger partial charge in [-0.3, -0.25) is 14.4 Å². The summed E-state index contributed by atoms with van der Waals surface area (Å²) in [4.78, 5) is 49.8. The van der Waals surface area contributed by atoms with Gasteiger partial charge in [0.15, 0.2) is 0 Å². The molecule has 1 saturated heterocycles. The topological polar surface area (TPSA) is 154 Å². The number of nitrogens with zero attached hydrogens (tertiary/aromatic N) is 1. The lowest BCUT2D eigenvalue weighted by atomic mass is 10.1. The Labute approximate surface area is 197 Å². The second-order valence-electron chi connectivity index (χ2n) is 8.19. The van der Waals surface area contributed by atoms with Crippen molar-refractivity contribution in [2.75, 3.05) is 22.5 Å². The Bertz CT molecular complexity index is 1060. The molecular weight excluding hydrogens is 438 g/mol. The molecule has 2 aromatic carbocycles. The first-order valence-electron chi connectivity index (χ1n) is 11.1. The molecule has 1 aliphatic rings. The first-order chi connectivity index (χ1) is 16.2. The van der Waals surface area contributed by atoms with Gasteiger partial charge in [0, 0.05) is 30.0 Å². The van der Waals surface area contributed by atoms with Gasteiger partial charge in [0.1, 0.15) is 6.04 Å². The number of anilines is 3. The normalized spacial score (nSPS) is 15.9. The van der Waals surface area contributed by atoms with Gasteiger partial charge in [0.05, 0.1) is 6.04 Å². The van der Waals surface area contributed by atoms with E-state index in [2.05, 4.69) is 16.0 Å². The van der Waals surface area contributed by atoms with E-state index in [-0.39, 0.29) is 24.8 Å². The van der Waals surface area contributed by atoms with Gasteiger partial charge in [-0.25, -0.2) is 4.79 Å². The number of carbonyl (C=O) groups excluding carboxylic acids is 3. The number of carboxylic acid groups (broad SMARTS) is 1. The molecule has 6 N–H and O–H groups in total. The number of urea groups is 1. The van der Waals surface area contributed by atoms with Crippen LogP contribution in [0.2, 0.25) is 0 Å². The van der Waals surface area contributed by atoms with Crippen molar-refractivity contribution in [2.45, 2.75) is 44.7 Å². The molecule has 0 bridgehead atoms. The van der Waals surface area contributed by atoms with Gasteiger partial charge >= 0.3 is 12.0 Å². The number of para-hydroxylation sites is 1. The second-order valence-corrected chi connectivity index (χ2v) is 8.19. The van der Waals surface area contributed by atoms with Crippen LogP contribution in [0.15, 0.2) is 48.5 Å². The number of nitrogens with two attached hydrogens (primary N) is 1. The highest BCUT2D eigenvalue weighted by Gasteiger charge is 2.36. The van der Waals surface area contributed by atoms with E-state index in [0.717, 1.165) is 5.56 Å². The minimum Gasteiger partial charge on any atom is -0.481 e. The van der Waals surface area contributed by atoms with Crippen LogP contribution in [0.1, 0.15) is 31.2 Å². The van der Waals surface area contributed by atoms with Gasteiger partial charge < -0.3 is 31.7 Å². The van der Waals surface area contributed by atoms with Crippen LogP contribution in [0, 0.1) is 6.92 Å². The predicted molar refractivity (Wildman–Crippen MR) is 128 cm³/mol. The number of hydrogen-bond donors (Lipinski definition) is 5. The standard InChI is InChI=1S/C24H29N5O5/c1-15-5-2-3-6-19(15)28-24(34)27-17-10-8-16(9-11-17)26-22(32)20-7-4-14-29(20)23(33)18(25)12-13-21(30)31/h2-3,5-6,8-11,18,20H,4,7,12-14,25H2,1H3,(H,26,32)(H,30,31)(H2,27,28,34)/t18-,20-/m0/s1. The van der Waals surface area contributed by atoms with Crippen LogP contribution >= 0.6 is 0 Å². The van der Waals surface area contributed by atoms with Crippen LogP contribution in [-0.4, -0.2) is 52.4 Å². The van der Waals surface area contributed by atoms with E-state index in [1.165, 1.54) is 4.90 Å². The average Bonchev–Trinajstić information content (AvgIpc) is 3.30. The Kier molecular flexibility index (Phi) is 8.20. The summed E-state index contributed by atoms with van der Waals surface area (Å²) in [6.45, 7) is 2.30. The SMILES string of the molecule is Cc1ccccc1NC(=O)Nc1ccc(NC(=O)[C@@H]2CCCN2C(=O)[C@@H](N)CCC(=O)O)cc1. The Hall–Kier alpha value is -3.92. The number of hydrogen-bond acceptors (Lipinski definition) is 5. The summed E-state index contributed by atoms with van der Waals surface area (Å²) in [5.74, 6) is -1.78. The number of aryl methyl sites for hydroxylation is 1. The molecule has 0 unspecified atom stereocenters. The van der Waals surface area contributed by atoms with Crippen molar-refractivity contribution in [3.63, 3.8) is 0 Å². The van der Waals surface area contributed by atoms with Crippen molar-refractivity contribution in [3.05, 3.63) is 54.1 Å². The average molecular weight is 468 g/mol. The number of carboxylic acids is 1. The Balaban J connectivity index is 1.54. The van der Waals surface area contributed by atoms with E-state index in [9.17, 15) is 19.2 Å². The van der Waals surface area contributed by atoms with Gasteiger partial charge in [-0.1, -0.05) is 18.2 Å². The van der Waals surface area contributed by atoms with Crippen LogP contribution in [0.25, 0.3) is 0 Å². The zero-order chi connectivity index (χ0) is 24.7. The highest BCUT2D eigenvalue weighted by molar-refractivity contribution is 6.01. The van der Waals surface area contributed by atoms with E-state index < -0.39 is 24.0 Å². The smallest absolute Gasteiger partial charge is 0.323 e. The summed E-state index contributed by atoms with van der Waals surface area (Å²) in [6.07, 6.45) is 0.974. The third kappa shape index (κ3) is 6.55. The molecule has 0 spiro atoms. The highest BCUT2D eigenvalue weighted by atomic mass is 16.4. The first kappa shape index (κ1) is 24.7. The molecule has 2 atom stereocenters. The molecule has 4 amide bonds. The van der Waals surface area contributed by atoms with Gasteiger partial charge in [0.2, 0.25) is 11.8 Å². The monoisotopic (exact) mass is 467 g/mol. The summed E-state index contributed by atoms with van der Waals surface area (Å²) < 4.78 is 0. The Morgan fingerprint density at radius 3 is 2.32 bits per heavy atom. The first-order valence-corrected chi connectivity index (χ1v) is 11.1. The quantitative estimate of drug-likeness (QED) is 0.402. The molecule has 0 radical (unpaired) electrons. The van der Waals surface area contributed by atoms with Crippen LogP contribution in [0.3, 0.4) is 0 Å². The Morgan fingerprint density at radius 2 is 1.68 bits per heavy atom. The van der Waals surface area contributed by atoms with Gasteiger partial charge in [0.25, 0.3) is 0 Å². The molecule has 1 aliphatic heterocycles. The van der Waals surface area contributed by atoms with Crippen LogP contribution in [-0.2, 0) is 14.4 Å². The van der Waals surface area contributed by atoms with Crippen LogP contribution < -0.4 is 21.7 Å². The minimum atomic E-state index is -1.02. The molecule has 2 aromatic rings. The zero-order valence-electron chi connectivity index (χ0n) is 18.9. The minimum absolute atomic E-state index is 0.0187. The lowest BCUT2D eigenvalue weighted by Gasteiger charge is -2.26. The lowest BCUT2D eigenvalue weighted by Crippen LogP contribution is -2.49. The predicted octanol–water partition coefficient (Wildman–Crippen LogP) is 2.76. The molecule has 3 rings (SSSR count). The third-order valence-corrected chi connectivity index (χ3v) is 5.63. The number of aliphatic carboxylic acids is 1. The molecule has 0 aliphatic carbocycles. The van der Waals surface area contributed by atoms with E-state index in [1.54, 1.807) is 24.3 Å². The molecular formula is C24H29N5O5. The molecule has 10 heteroatoms. The van der Waals surface area contributed by atoms with Gasteiger partial charge in [-0.15, -0.1) is 0 Å². The fourth-order valence-electron chi connectivity index (χ4n) is 3.78. The summed E-state index contributed by atoms with van der Waals surface area (Å²) in [5.41, 5.74) is 8.57. The van der Waals surface area contributed by atoms with Crippen molar-refractivity contribution in [1.29, 1.82) is 0 Å². The maximum Gasteiger partial charge on any atom is 0.323 e. The molecule has 0 saturated carbocycles. The number of amides is 4. The van der Waals surface area contributed by atoms with Crippen molar-refractivity contribution < 1.29 is 24.3 Å². The van der Waals surface area contributed by atoms with E-state index >= 15 is 0 Å². The van der Waals surface area contributed by atoms with Gasteiger partial charge in [-0.2, -0.15) is 0 Å². The van der Waals surface area contributed by atoms with Crippen molar-refractivity contribution >= 4 is 40.9 Å². The number of benzene rings is 2. The molecule has 10 nitrogen and oxygen atoms in total. The number of likely N-dealkylation sites (tertiary alicyclic amines) is 1. The maximum atomic E-state index is 12.8. The summed E-state index contributed by atoms with van der Waals surface area (Å²) in [6, 6.07) is 12.1. The lowest BCUT2D eigenvalue weighted by molar-refractivity contribution is -0.139. The maximum absolute atomic E-state index is 12.8. The van der Waals surface area contributed by atoms with Crippen LogP contribution in [0.4, 0.5) is 21.9 Å². The summed E-state index contributed by atoms with van der Waals surface area (Å²) in [5, 5.41) is 17.1.